The maximum atomic E-state index is 12.3. The summed E-state index contributed by atoms with van der Waals surface area (Å²) < 4.78 is 12.0. The minimum Gasteiger partial charge on any atom is -0.636 e. The van der Waals surface area contributed by atoms with Crippen molar-refractivity contribution in [1.82, 2.24) is 29.9 Å². The van der Waals surface area contributed by atoms with Crippen molar-refractivity contribution in [3.8, 4) is 5.88 Å². The Hall–Kier alpha value is -2.48. The molecule has 3 N–H and O–H groups in total. The van der Waals surface area contributed by atoms with Crippen LogP contribution in [-0.4, -0.2) is 134 Å². The molecule has 0 aromatic carbocycles. The number of aromatic hydroxyl groups is 1. The summed E-state index contributed by atoms with van der Waals surface area (Å²) in [4.78, 5) is 53.6. The SMILES string of the molecule is CCN(C)CC(=O)C[CH-]OC(=O)CN(C)CCN(CC)CC(=O)NCCOCCNC(=O)Cn1cc(C)cc1O.[Cu+2]. The first-order chi connectivity index (χ1) is 19.0. The molecule has 13 nitrogen and oxygen atoms in total. The molecule has 1 aromatic rings. The molecule has 0 aliphatic rings. The Morgan fingerprint density at radius 3 is 2.20 bits per heavy atom. The molecule has 0 aliphatic carbocycles. The van der Waals surface area contributed by atoms with Crippen molar-refractivity contribution >= 4 is 23.6 Å². The van der Waals surface area contributed by atoms with E-state index in [2.05, 4.69) is 10.6 Å². The number of aryl methyl sites for hydroxylation is 1. The van der Waals surface area contributed by atoms with Gasteiger partial charge in [0.2, 0.25) is 11.8 Å². The van der Waals surface area contributed by atoms with Crippen LogP contribution in [0.1, 0.15) is 25.8 Å². The average Bonchev–Trinajstić information content (AvgIpc) is 3.21. The maximum Gasteiger partial charge on any atom is 2.00 e. The van der Waals surface area contributed by atoms with E-state index in [0.29, 0.717) is 52.5 Å². The van der Waals surface area contributed by atoms with Gasteiger partial charge in [-0.15, -0.1) is 0 Å². The fourth-order valence-electron chi connectivity index (χ4n) is 3.56. The molecular weight excluding hydrogens is 584 g/mol. The number of rotatable bonds is 22. The van der Waals surface area contributed by atoms with E-state index in [1.807, 2.05) is 37.6 Å². The Kier molecular flexibility index (Phi) is 20.8. The fraction of sp³-hybridized carbons (Fsp3) is 0.667. The Morgan fingerprint density at radius 1 is 0.951 bits per heavy atom. The van der Waals surface area contributed by atoms with Gasteiger partial charge in [-0.1, -0.05) is 20.3 Å². The van der Waals surface area contributed by atoms with Gasteiger partial charge in [-0.3, -0.25) is 29.1 Å². The third-order valence-electron chi connectivity index (χ3n) is 5.98. The van der Waals surface area contributed by atoms with Gasteiger partial charge in [0.05, 0.1) is 32.8 Å². The first kappa shape index (κ1) is 38.5. The fourth-order valence-corrected chi connectivity index (χ4v) is 3.56. The molecule has 0 bridgehead atoms. The summed E-state index contributed by atoms with van der Waals surface area (Å²) in [6, 6.07) is 1.59. The molecule has 0 fully saturated rings. The zero-order valence-electron chi connectivity index (χ0n) is 24.9. The number of carbonyl (C=O) groups excluding carboxylic acids is 4. The van der Waals surface area contributed by atoms with E-state index < -0.39 is 5.97 Å². The summed E-state index contributed by atoms with van der Waals surface area (Å²) in [6.07, 6.45) is 1.78. The molecule has 0 saturated heterocycles. The molecule has 0 unspecified atom stereocenters. The number of carbonyl (C=O) groups is 4. The van der Waals surface area contributed by atoms with Crippen molar-refractivity contribution < 1.29 is 50.8 Å². The molecule has 1 heterocycles. The zero-order chi connectivity index (χ0) is 29.9. The normalized spacial score (nSPS) is 11.0. The first-order valence-corrected chi connectivity index (χ1v) is 13.6. The van der Waals surface area contributed by atoms with Crippen LogP contribution < -0.4 is 10.6 Å². The molecule has 1 rings (SSSR count). The van der Waals surface area contributed by atoms with Crippen molar-refractivity contribution in [3.05, 3.63) is 24.4 Å². The van der Waals surface area contributed by atoms with Gasteiger partial charge in [0.1, 0.15) is 12.3 Å². The molecular formula is C27H47CuN6O7+. The van der Waals surface area contributed by atoms with E-state index in [4.69, 9.17) is 9.47 Å². The van der Waals surface area contributed by atoms with E-state index in [-0.39, 0.29) is 66.6 Å². The van der Waals surface area contributed by atoms with Crippen LogP contribution in [-0.2, 0) is 52.3 Å². The van der Waals surface area contributed by atoms with Crippen LogP contribution in [0, 0.1) is 13.5 Å². The molecule has 14 heteroatoms. The molecule has 2 amide bonds. The number of esters is 1. The topological polar surface area (TPSA) is 146 Å². The molecule has 0 atom stereocenters. The predicted molar refractivity (Wildman–Crippen MR) is 150 cm³/mol. The second-order valence-corrected chi connectivity index (χ2v) is 9.65. The van der Waals surface area contributed by atoms with E-state index in [0.717, 1.165) is 12.1 Å². The van der Waals surface area contributed by atoms with Crippen LogP contribution in [0.25, 0.3) is 0 Å². The Balaban J connectivity index is 0.0000160. The summed E-state index contributed by atoms with van der Waals surface area (Å²) in [6.45, 7) is 11.5. The van der Waals surface area contributed by atoms with Crippen LogP contribution in [0.5, 0.6) is 5.88 Å². The minimum absolute atomic E-state index is 0. The standard InChI is InChI=1S/C27H47N6O7.Cu/c1-6-30(4)18-23(34)8-13-40-27(38)21-31(5)11-12-32(7-2)19-24(35)28-9-14-39-15-10-29-25(36)20-33-17-22(3)16-26(33)37;/h13,16-17,37H,6-12,14-15,18-21H2,1-5H3,(H,28,35)(H,29,36);/q-1;+2. The van der Waals surface area contributed by atoms with Crippen LogP contribution in [0.4, 0.5) is 0 Å². The molecule has 237 valence electrons. The summed E-state index contributed by atoms with van der Waals surface area (Å²) in [5.41, 5.74) is 0.874. The monoisotopic (exact) mass is 630 g/mol. The van der Waals surface area contributed by atoms with Crippen LogP contribution in [0.15, 0.2) is 12.3 Å². The van der Waals surface area contributed by atoms with Gasteiger partial charge in [-0.05, 0) is 39.7 Å². The van der Waals surface area contributed by atoms with Gasteiger partial charge < -0.3 is 34.6 Å². The smallest absolute Gasteiger partial charge is 0.636 e. The number of nitrogens with one attached hydrogen (secondary N) is 2. The van der Waals surface area contributed by atoms with Crippen molar-refractivity contribution in [1.29, 1.82) is 0 Å². The van der Waals surface area contributed by atoms with Crippen molar-refractivity contribution in [2.24, 2.45) is 0 Å². The van der Waals surface area contributed by atoms with E-state index in [1.54, 1.807) is 24.2 Å². The summed E-state index contributed by atoms with van der Waals surface area (Å²) in [5.74, 6) is -0.764. The number of likely N-dealkylation sites (N-methyl/N-ethyl adjacent to an activating group) is 3. The van der Waals surface area contributed by atoms with Gasteiger partial charge in [0, 0.05) is 38.4 Å². The Labute approximate surface area is 254 Å². The number of aromatic nitrogens is 1. The molecule has 1 aromatic heterocycles. The predicted octanol–water partition coefficient (Wildman–Crippen LogP) is -0.382. The van der Waals surface area contributed by atoms with Crippen molar-refractivity contribution in [3.63, 3.8) is 0 Å². The number of ether oxygens (including phenoxy) is 2. The minimum atomic E-state index is -0.435. The van der Waals surface area contributed by atoms with E-state index in [9.17, 15) is 24.3 Å². The summed E-state index contributed by atoms with van der Waals surface area (Å²) in [5, 5.41) is 15.2. The number of ketones is 1. The van der Waals surface area contributed by atoms with Crippen molar-refractivity contribution in [2.75, 3.05) is 86.2 Å². The van der Waals surface area contributed by atoms with Crippen LogP contribution in [0.3, 0.4) is 0 Å². The molecule has 0 spiro atoms. The number of nitrogens with zero attached hydrogens (tertiary/aromatic N) is 4. The van der Waals surface area contributed by atoms with Crippen LogP contribution >= 0.6 is 0 Å². The summed E-state index contributed by atoms with van der Waals surface area (Å²) >= 11 is 0. The van der Waals surface area contributed by atoms with E-state index >= 15 is 0 Å². The molecule has 0 saturated carbocycles. The maximum absolute atomic E-state index is 12.3. The Morgan fingerprint density at radius 2 is 1.61 bits per heavy atom. The van der Waals surface area contributed by atoms with Crippen LogP contribution in [0.2, 0.25) is 0 Å². The second kappa shape index (κ2) is 22.2. The Bertz CT molecular complexity index is 930. The van der Waals surface area contributed by atoms with Gasteiger partial charge in [-0.2, -0.15) is 6.61 Å². The average molecular weight is 631 g/mol. The quantitative estimate of drug-likeness (QED) is 0.0671. The van der Waals surface area contributed by atoms with Gasteiger partial charge in [0.25, 0.3) is 5.97 Å². The number of amides is 2. The first-order valence-electron chi connectivity index (χ1n) is 13.6. The van der Waals surface area contributed by atoms with E-state index in [1.165, 1.54) is 11.2 Å². The van der Waals surface area contributed by atoms with Gasteiger partial charge >= 0.3 is 17.1 Å². The van der Waals surface area contributed by atoms with Gasteiger partial charge in [-0.25, -0.2) is 0 Å². The molecule has 1 radical (unpaired) electrons. The number of hydrogen-bond donors (Lipinski definition) is 3. The largest absolute Gasteiger partial charge is 2.00 e. The number of Topliss-reactive ketones (excluding diaryl/α,β-unsaturated/α-hetero) is 1. The molecule has 0 aliphatic heterocycles. The third kappa shape index (κ3) is 18.5. The summed E-state index contributed by atoms with van der Waals surface area (Å²) in [7, 11) is 3.65. The third-order valence-corrected chi connectivity index (χ3v) is 5.98. The molecule has 41 heavy (non-hydrogen) atoms. The van der Waals surface area contributed by atoms with Crippen molar-refractivity contribution in [2.45, 2.75) is 33.7 Å². The van der Waals surface area contributed by atoms with Gasteiger partial charge in [0.15, 0.2) is 5.88 Å². The zero-order valence-corrected chi connectivity index (χ0v) is 25.9. The second-order valence-electron chi connectivity index (χ2n) is 9.65. The number of hydrogen-bond acceptors (Lipinski definition) is 10.